The molecule has 3 rings (SSSR count). The normalized spacial score (nSPS) is 14.8. The van der Waals surface area contributed by atoms with Crippen LogP contribution < -0.4 is 0 Å². The van der Waals surface area contributed by atoms with Gasteiger partial charge in [-0.15, -0.1) is 11.3 Å². The molecular weight excluding hydrogens is 305 g/mol. The third-order valence-corrected chi connectivity index (χ3v) is 5.56. The standard InChI is InChI=1S/C13H11Cl2NO2S/c14-9-2-1-8-7-3-4-16(11(18)6-17)5-10(7)19-13(8)12(9)15/h1-2,17H,3-6H2. The van der Waals surface area contributed by atoms with Crippen LogP contribution in [0.3, 0.4) is 0 Å². The quantitative estimate of drug-likeness (QED) is 0.878. The highest BCUT2D eigenvalue weighted by Crippen LogP contribution is 2.41. The SMILES string of the molecule is O=C(CO)N1CCc2c(sc3c(Cl)c(Cl)ccc23)C1. The molecule has 19 heavy (non-hydrogen) atoms. The van der Waals surface area contributed by atoms with Crippen LogP contribution in [0.4, 0.5) is 0 Å². The maximum absolute atomic E-state index is 11.5. The minimum Gasteiger partial charge on any atom is -0.387 e. The van der Waals surface area contributed by atoms with Crippen molar-refractivity contribution in [2.75, 3.05) is 13.2 Å². The lowest BCUT2D eigenvalue weighted by molar-refractivity contribution is -0.135. The maximum atomic E-state index is 11.5. The number of benzene rings is 1. The number of fused-ring (bicyclic) bond motifs is 3. The summed E-state index contributed by atoms with van der Waals surface area (Å²) >= 11 is 13.8. The first-order chi connectivity index (χ1) is 9.11. The second-order valence-corrected chi connectivity index (χ2v) is 6.36. The predicted octanol–water partition coefficient (Wildman–Crippen LogP) is 3.09. The molecule has 2 heterocycles. The van der Waals surface area contributed by atoms with Crippen LogP contribution in [-0.4, -0.2) is 29.1 Å². The first-order valence-electron chi connectivity index (χ1n) is 5.88. The Kier molecular flexibility index (Phi) is 3.43. The molecule has 0 saturated carbocycles. The zero-order chi connectivity index (χ0) is 13.6. The minimum absolute atomic E-state index is 0.229. The first-order valence-corrected chi connectivity index (χ1v) is 7.46. The van der Waals surface area contributed by atoms with Gasteiger partial charge in [0.15, 0.2) is 0 Å². The van der Waals surface area contributed by atoms with Gasteiger partial charge in [-0.2, -0.15) is 0 Å². The van der Waals surface area contributed by atoms with Crippen molar-refractivity contribution in [2.45, 2.75) is 13.0 Å². The van der Waals surface area contributed by atoms with Gasteiger partial charge in [-0.25, -0.2) is 0 Å². The molecule has 1 amide bonds. The fourth-order valence-corrected chi connectivity index (χ4v) is 4.22. The number of halogens is 2. The number of aliphatic hydroxyl groups is 1. The number of hydrogen-bond acceptors (Lipinski definition) is 3. The number of rotatable bonds is 1. The van der Waals surface area contributed by atoms with Crippen LogP contribution in [0.2, 0.25) is 10.0 Å². The Morgan fingerprint density at radius 3 is 2.95 bits per heavy atom. The Morgan fingerprint density at radius 2 is 2.21 bits per heavy atom. The molecule has 0 unspecified atom stereocenters. The van der Waals surface area contributed by atoms with E-state index in [0.717, 1.165) is 21.4 Å². The van der Waals surface area contributed by atoms with Crippen molar-refractivity contribution in [3.05, 3.63) is 32.6 Å². The minimum atomic E-state index is -0.438. The van der Waals surface area contributed by atoms with E-state index in [1.54, 1.807) is 16.2 Å². The van der Waals surface area contributed by atoms with Crippen molar-refractivity contribution in [1.29, 1.82) is 0 Å². The van der Waals surface area contributed by atoms with Crippen molar-refractivity contribution in [3.63, 3.8) is 0 Å². The number of carbonyl (C=O) groups excluding carboxylic acids is 1. The van der Waals surface area contributed by atoms with Crippen molar-refractivity contribution in [1.82, 2.24) is 4.90 Å². The topological polar surface area (TPSA) is 40.5 Å². The van der Waals surface area contributed by atoms with Gasteiger partial charge in [-0.3, -0.25) is 4.79 Å². The van der Waals surface area contributed by atoms with E-state index in [9.17, 15) is 4.79 Å². The summed E-state index contributed by atoms with van der Waals surface area (Å²) in [4.78, 5) is 14.4. The molecule has 6 heteroatoms. The lowest BCUT2D eigenvalue weighted by Gasteiger charge is -2.26. The Labute approximate surface area is 124 Å². The van der Waals surface area contributed by atoms with Crippen LogP contribution in [0.5, 0.6) is 0 Å². The molecular formula is C13H11Cl2NO2S. The van der Waals surface area contributed by atoms with Gasteiger partial charge in [-0.05, 0) is 23.4 Å². The summed E-state index contributed by atoms with van der Waals surface area (Å²) in [5.74, 6) is -0.229. The molecule has 0 atom stereocenters. The first kappa shape index (κ1) is 13.2. The monoisotopic (exact) mass is 315 g/mol. The van der Waals surface area contributed by atoms with E-state index in [0.29, 0.717) is 23.1 Å². The zero-order valence-electron chi connectivity index (χ0n) is 9.95. The van der Waals surface area contributed by atoms with Crippen LogP contribution in [0.15, 0.2) is 12.1 Å². The highest BCUT2D eigenvalue weighted by Gasteiger charge is 2.24. The van der Waals surface area contributed by atoms with Crippen LogP contribution in [0, 0.1) is 0 Å². The van der Waals surface area contributed by atoms with E-state index in [2.05, 4.69) is 0 Å². The van der Waals surface area contributed by atoms with Gasteiger partial charge in [0.05, 0.1) is 21.3 Å². The lowest BCUT2D eigenvalue weighted by Crippen LogP contribution is -2.36. The fourth-order valence-electron chi connectivity index (χ4n) is 2.42. The summed E-state index contributed by atoms with van der Waals surface area (Å²) in [6, 6.07) is 3.80. The predicted molar refractivity (Wildman–Crippen MR) is 78.1 cm³/mol. The summed E-state index contributed by atoms with van der Waals surface area (Å²) in [7, 11) is 0. The average molecular weight is 316 g/mol. The van der Waals surface area contributed by atoms with E-state index in [-0.39, 0.29) is 5.91 Å². The van der Waals surface area contributed by atoms with Gasteiger partial charge < -0.3 is 10.0 Å². The number of amides is 1. The largest absolute Gasteiger partial charge is 0.387 e. The summed E-state index contributed by atoms with van der Waals surface area (Å²) in [6.07, 6.45) is 0.791. The van der Waals surface area contributed by atoms with Gasteiger partial charge in [-0.1, -0.05) is 29.3 Å². The van der Waals surface area contributed by atoms with Crippen LogP contribution in [0.25, 0.3) is 10.1 Å². The molecule has 1 aromatic heterocycles. The van der Waals surface area contributed by atoms with Crippen LogP contribution in [-0.2, 0) is 17.8 Å². The molecule has 1 aromatic carbocycles. The molecule has 2 aromatic rings. The Hall–Kier alpha value is -0.810. The molecule has 0 aliphatic carbocycles. The number of carbonyl (C=O) groups is 1. The molecule has 100 valence electrons. The smallest absolute Gasteiger partial charge is 0.248 e. The summed E-state index contributed by atoms with van der Waals surface area (Å²) in [6.45, 7) is 0.743. The van der Waals surface area contributed by atoms with Gasteiger partial charge in [0.1, 0.15) is 6.61 Å². The Balaban J connectivity index is 2.07. The summed E-state index contributed by atoms with van der Waals surface area (Å²) < 4.78 is 0.984. The van der Waals surface area contributed by atoms with Crippen molar-refractivity contribution in [3.8, 4) is 0 Å². The van der Waals surface area contributed by atoms with E-state index in [1.807, 2.05) is 12.1 Å². The number of hydrogen-bond donors (Lipinski definition) is 1. The summed E-state index contributed by atoms with van der Waals surface area (Å²) in [5, 5.41) is 11.2. The highest BCUT2D eigenvalue weighted by molar-refractivity contribution is 7.20. The molecule has 0 fully saturated rings. The number of nitrogens with zero attached hydrogens (tertiary/aromatic N) is 1. The number of thiophene rings is 1. The van der Waals surface area contributed by atoms with E-state index in [4.69, 9.17) is 28.3 Å². The van der Waals surface area contributed by atoms with E-state index < -0.39 is 6.61 Å². The highest BCUT2D eigenvalue weighted by atomic mass is 35.5. The van der Waals surface area contributed by atoms with E-state index >= 15 is 0 Å². The second kappa shape index (κ2) is 4.94. The second-order valence-electron chi connectivity index (χ2n) is 4.47. The molecule has 1 aliphatic rings. The van der Waals surface area contributed by atoms with Crippen LogP contribution >= 0.6 is 34.5 Å². The van der Waals surface area contributed by atoms with Crippen molar-refractivity contribution >= 4 is 50.5 Å². The van der Waals surface area contributed by atoms with E-state index in [1.165, 1.54) is 5.56 Å². The third kappa shape index (κ3) is 2.13. The lowest BCUT2D eigenvalue weighted by atomic mass is 10.0. The molecule has 0 saturated heterocycles. The van der Waals surface area contributed by atoms with Crippen molar-refractivity contribution in [2.24, 2.45) is 0 Å². The molecule has 0 bridgehead atoms. The Morgan fingerprint density at radius 1 is 1.42 bits per heavy atom. The van der Waals surface area contributed by atoms with Gasteiger partial charge in [0, 0.05) is 11.4 Å². The molecule has 1 aliphatic heterocycles. The van der Waals surface area contributed by atoms with Gasteiger partial charge in [0.2, 0.25) is 5.91 Å². The Bertz CT molecular complexity index is 668. The summed E-state index contributed by atoms with van der Waals surface area (Å²) in [5.41, 5.74) is 1.25. The molecule has 0 radical (unpaired) electrons. The van der Waals surface area contributed by atoms with Gasteiger partial charge in [0.25, 0.3) is 0 Å². The maximum Gasteiger partial charge on any atom is 0.248 e. The zero-order valence-corrected chi connectivity index (χ0v) is 12.3. The average Bonchev–Trinajstić information content (AvgIpc) is 2.80. The number of aliphatic hydroxyl groups excluding tert-OH is 1. The van der Waals surface area contributed by atoms with Crippen molar-refractivity contribution < 1.29 is 9.90 Å². The molecule has 0 spiro atoms. The van der Waals surface area contributed by atoms with Gasteiger partial charge >= 0.3 is 0 Å². The molecule has 1 N–H and O–H groups in total. The third-order valence-electron chi connectivity index (χ3n) is 3.39. The van der Waals surface area contributed by atoms with Crippen LogP contribution in [0.1, 0.15) is 10.4 Å². The molecule has 3 nitrogen and oxygen atoms in total. The fraction of sp³-hybridized carbons (Fsp3) is 0.308.